The van der Waals surface area contributed by atoms with Crippen molar-refractivity contribution in [2.45, 2.75) is 51.9 Å². The molecular weight excluding hydrogens is 302 g/mol. The number of hydrogen-bond acceptors (Lipinski definition) is 3. The predicted octanol–water partition coefficient (Wildman–Crippen LogP) is 3.06. The van der Waals surface area contributed by atoms with Crippen LogP contribution in [0.15, 0.2) is 24.3 Å². The van der Waals surface area contributed by atoms with Crippen LogP contribution in [0.25, 0.3) is 0 Å². The Balaban J connectivity index is 1.97. The lowest BCUT2D eigenvalue weighted by Gasteiger charge is -2.35. The molecule has 0 radical (unpaired) electrons. The Hall–Kier alpha value is -1.88. The van der Waals surface area contributed by atoms with Gasteiger partial charge in [0.25, 0.3) is 5.91 Å². The summed E-state index contributed by atoms with van der Waals surface area (Å²) in [5.74, 6) is -0.132. The van der Waals surface area contributed by atoms with Gasteiger partial charge in [0.2, 0.25) is 5.91 Å². The molecule has 0 aromatic heterocycles. The highest BCUT2D eigenvalue weighted by Gasteiger charge is 2.32. The second kappa shape index (κ2) is 8.83. The number of nitrogens with one attached hydrogen (secondary N) is 2. The number of carbonyl (C=O) groups is 2. The van der Waals surface area contributed by atoms with Gasteiger partial charge in [0, 0.05) is 24.2 Å². The first-order chi connectivity index (χ1) is 11.6. The minimum absolute atomic E-state index is 0.0199. The quantitative estimate of drug-likeness (QED) is 0.718. The molecule has 0 atom stereocenters. The van der Waals surface area contributed by atoms with Crippen molar-refractivity contribution in [3.63, 3.8) is 0 Å². The number of nitrogens with two attached hydrogens (primary N) is 1. The van der Waals surface area contributed by atoms with Crippen molar-refractivity contribution in [1.82, 2.24) is 5.32 Å². The molecule has 0 unspecified atom stereocenters. The minimum Gasteiger partial charge on any atom is -0.352 e. The molecule has 0 saturated heterocycles. The molecule has 0 heterocycles. The van der Waals surface area contributed by atoms with Gasteiger partial charge in [0.05, 0.1) is 0 Å². The van der Waals surface area contributed by atoms with E-state index in [4.69, 9.17) is 5.73 Å². The molecule has 1 aliphatic carbocycles. The number of carbonyl (C=O) groups excluding carboxylic acids is 2. The smallest absolute Gasteiger partial charge is 0.251 e. The van der Waals surface area contributed by atoms with Crippen LogP contribution in [0, 0.1) is 5.41 Å². The van der Waals surface area contributed by atoms with Crippen LogP contribution in [0.1, 0.15) is 62.2 Å². The van der Waals surface area contributed by atoms with E-state index in [1.54, 1.807) is 18.2 Å². The summed E-state index contributed by atoms with van der Waals surface area (Å²) in [5.41, 5.74) is 7.12. The second-order valence-corrected chi connectivity index (χ2v) is 6.83. The molecule has 5 nitrogen and oxygen atoms in total. The Morgan fingerprint density at radius 1 is 1.21 bits per heavy atom. The third kappa shape index (κ3) is 5.06. The van der Waals surface area contributed by atoms with E-state index in [2.05, 4.69) is 10.6 Å². The zero-order valence-electron chi connectivity index (χ0n) is 14.6. The monoisotopic (exact) mass is 331 g/mol. The van der Waals surface area contributed by atoms with Crippen molar-refractivity contribution < 1.29 is 9.59 Å². The summed E-state index contributed by atoms with van der Waals surface area (Å²) in [6, 6.07) is 7.07. The van der Waals surface area contributed by atoms with Crippen LogP contribution in [0.4, 0.5) is 5.69 Å². The minimum atomic E-state index is -0.112. The fourth-order valence-electron chi connectivity index (χ4n) is 3.38. The Kier molecular flexibility index (Phi) is 6.79. The maximum atomic E-state index is 12.4. The van der Waals surface area contributed by atoms with Gasteiger partial charge in [0.15, 0.2) is 0 Å². The maximum Gasteiger partial charge on any atom is 0.251 e. The molecular formula is C19H29N3O2. The van der Waals surface area contributed by atoms with Crippen molar-refractivity contribution in [1.29, 1.82) is 0 Å². The van der Waals surface area contributed by atoms with Crippen LogP contribution in [-0.4, -0.2) is 24.9 Å². The summed E-state index contributed by atoms with van der Waals surface area (Å²) < 4.78 is 0. The van der Waals surface area contributed by atoms with E-state index >= 15 is 0 Å². The van der Waals surface area contributed by atoms with Gasteiger partial charge in [0.1, 0.15) is 0 Å². The predicted molar refractivity (Wildman–Crippen MR) is 96.9 cm³/mol. The van der Waals surface area contributed by atoms with Gasteiger partial charge in [-0.15, -0.1) is 0 Å². The molecule has 2 rings (SSSR count). The molecule has 1 aliphatic rings. The van der Waals surface area contributed by atoms with Crippen molar-refractivity contribution >= 4 is 17.5 Å². The molecule has 1 aromatic carbocycles. The van der Waals surface area contributed by atoms with Crippen molar-refractivity contribution in [3.05, 3.63) is 29.8 Å². The SMILES string of the molecule is CCCNC(=O)c1cccc(NC(=O)CC2(CN)CCCCC2)c1. The van der Waals surface area contributed by atoms with Crippen molar-refractivity contribution in [2.24, 2.45) is 11.1 Å². The van der Waals surface area contributed by atoms with E-state index in [9.17, 15) is 9.59 Å². The number of benzene rings is 1. The summed E-state index contributed by atoms with van der Waals surface area (Å²) in [6.45, 7) is 3.21. The van der Waals surface area contributed by atoms with E-state index in [0.717, 1.165) is 32.1 Å². The summed E-state index contributed by atoms with van der Waals surface area (Å²) in [4.78, 5) is 24.4. The molecule has 5 heteroatoms. The van der Waals surface area contributed by atoms with Gasteiger partial charge in [-0.25, -0.2) is 0 Å². The van der Waals surface area contributed by atoms with Gasteiger partial charge in [-0.1, -0.05) is 32.3 Å². The van der Waals surface area contributed by atoms with Crippen LogP contribution in [0.5, 0.6) is 0 Å². The highest BCUT2D eigenvalue weighted by atomic mass is 16.2. The second-order valence-electron chi connectivity index (χ2n) is 6.83. The third-order valence-corrected chi connectivity index (χ3v) is 4.83. The topological polar surface area (TPSA) is 84.2 Å². The van der Waals surface area contributed by atoms with E-state index in [0.29, 0.717) is 30.8 Å². The van der Waals surface area contributed by atoms with Crippen molar-refractivity contribution in [2.75, 3.05) is 18.4 Å². The average molecular weight is 331 g/mol. The van der Waals surface area contributed by atoms with Crippen LogP contribution >= 0.6 is 0 Å². The van der Waals surface area contributed by atoms with Gasteiger partial charge < -0.3 is 16.4 Å². The lowest BCUT2D eigenvalue weighted by Crippen LogP contribution is -2.36. The van der Waals surface area contributed by atoms with Gasteiger partial charge in [-0.05, 0) is 49.4 Å². The van der Waals surface area contributed by atoms with Crippen LogP contribution < -0.4 is 16.4 Å². The number of rotatable bonds is 7. The highest BCUT2D eigenvalue weighted by Crippen LogP contribution is 2.38. The molecule has 24 heavy (non-hydrogen) atoms. The molecule has 1 fully saturated rings. The maximum absolute atomic E-state index is 12.4. The molecule has 132 valence electrons. The van der Waals surface area contributed by atoms with Gasteiger partial charge in [-0.2, -0.15) is 0 Å². The Bertz CT molecular complexity index is 565. The first-order valence-corrected chi connectivity index (χ1v) is 8.97. The lowest BCUT2D eigenvalue weighted by molar-refractivity contribution is -0.118. The first-order valence-electron chi connectivity index (χ1n) is 8.97. The Morgan fingerprint density at radius 3 is 2.62 bits per heavy atom. The van der Waals surface area contributed by atoms with Crippen LogP contribution in [0.3, 0.4) is 0 Å². The fraction of sp³-hybridized carbons (Fsp3) is 0.579. The van der Waals surface area contributed by atoms with Gasteiger partial charge in [-0.3, -0.25) is 9.59 Å². The Morgan fingerprint density at radius 2 is 1.96 bits per heavy atom. The summed E-state index contributed by atoms with van der Waals surface area (Å²) in [6.07, 6.45) is 6.93. The number of amides is 2. The third-order valence-electron chi connectivity index (χ3n) is 4.83. The standard InChI is InChI=1S/C19H29N3O2/c1-2-11-21-18(24)15-7-6-8-16(12-15)22-17(23)13-19(14-20)9-4-3-5-10-19/h6-8,12H,2-5,9-11,13-14,20H2,1H3,(H,21,24)(H,22,23). The summed E-state index contributed by atoms with van der Waals surface area (Å²) >= 11 is 0. The molecule has 0 spiro atoms. The molecule has 2 amide bonds. The normalized spacial score (nSPS) is 16.4. The van der Waals surface area contributed by atoms with Gasteiger partial charge >= 0.3 is 0 Å². The Labute approximate surface area is 144 Å². The van der Waals surface area contributed by atoms with E-state index in [1.165, 1.54) is 6.42 Å². The van der Waals surface area contributed by atoms with Crippen LogP contribution in [0.2, 0.25) is 0 Å². The number of hydrogen-bond donors (Lipinski definition) is 3. The molecule has 4 N–H and O–H groups in total. The van der Waals surface area contributed by atoms with E-state index in [-0.39, 0.29) is 17.2 Å². The lowest BCUT2D eigenvalue weighted by atomic mass is 9.71. The first kappa shape index (κ1) is 18.5. The summed E-state index contributed by atoms with van der Waals surface area (Å²) in [5, 5.41) is 5.77. The number of anilines is 1. The van der Waals surface area contributed by atoms with Crippen molar-refractivity contribution in [3.8, 4) is 0 Å². The highest BCUT2D eigenvalue weighted by molar-refractivity contribution is 5.97. The van der Waals surface area contributed by atoms with Crippen LogP contribution in [-0.2, 0) is 4.79 Å². The molecule has 0 bridgehead atoms. The fourth-order valence-corrected chi connectivity index (χ4v) is 3.38. The molecule has 1 aromatic rings. The van der Waals surface area contributed by atoms with E-state index < -0.39 is 0 Å². The van der Waals surface area contributed by atoms with E-state index in [1.807, 2.05) is 13.0 Å². The zero-order valence-corrected chi connectivity index (χ0v) is 14.6. The molecule has 1 saturated carbocycles. The largest absolute Gasteiger partial charge is 0.352 e. The zero-order chi connectivity index (χ0) is 17.4. The summed E-state index contributed by atoms with van der Waals surface area (Å²) in [7, 11) is 0. The average Bonchev–Trinajstić information content (AvgIpc) is 2.60. The molecule has 0 aliphatic heterocycles.